The van der Waals surface area contributed by atoms with Gasteiger partial charge in [-0.05, 0) is 69.7 Å². The van der Waals surface area contributed by atoms with Gasteiger partial charge < -0.3 is 9.47 Å². The van der Waals surface area contributed by atoms with Crippen LogP contribution in [0.3, 0.4) is 0 Å². The van der Waals surface area contributed by atoms with Gasteiger partial charge in [0.25, 0.3) is 11.5 Å². The Morgan fingerprint density at radius 2 is 1.78 bits per heavy atom. The minimum Gasteiger partial charge on any atom is -0.330 e. The Balaban J connectivity index is 1.46. The van der Waals surface area contributed by atoms with Crippen LogP contribution >= 0.6 is 15.9 Å². The molecule has 0 radical (unpaired) electrons. The van der Waals surface area contributed by atoms with E-state index in [-0.39, 0.29) is 56.9 Å². The smallest absolute Gasteiger partial charge is 0.330 e. The highest BCUT2D eigenvalue weighted by Gasteiger charge is 2.36. The van der Waals surface area contributed by atoms with E-state index in [0.717, 1.165) is 17.0 Å². The zero-order valence-corrected chi connectivity index (χ0v) is 26.0. The van der Waals surface area contributed by atoms with Crippen molar-refractivity contribution in [2.24, 2.45) is 0 Å². The monoisotopic (exact) mass is 707 g/mol. The molecule has 0 N–H and O–H groups in total. The van der Waals surface area contributed by atoms with Crippen molar-refractivity contribution in [1.29, 1.82) is 0 Å². The Bertz CT molecular complexity index is 2080. The van der Waals surface area contributed by atoms with Gasteiger partial charge in [-0.3, -0.25) is 9.59 Å². The molecule has 0 bridgehead atoms. The van der Waals surface area contributed by atoms with Crippen LogP contribution in [0, 0.1) is 13.8 Å². The molecule has 0 aliphatic carbocycles. The summed E-state index contributed by atoms with van der Waals surface area (Å²) in [5.74, 6) is -0.594. The van der Waals surface area contributed by atoms with Gasteiger partial charge in [-0.15, -0.1) is 0 Å². The highest BCUT2D eigenvalue weighted by atomic mass is 79.9. The van der Waals surface area contributed by atoms with Crippen molar-refractivity contribution in [2.75, 3.05) is 0 Å². The zero-order valence-electron chi connectivity index (χ0n) is 24.4. The summed E-state index contributed by atoms with van der Waals surface area (Å²) in [4.78, 5) is 38.0. The second-order valence-electron chi connectivity index (χ2n) is 11.2. The number of imidazole rings is 1. The fraction of sp³-hybridized carbons (Fsp3) is 0.300. The van der Waals surface area contributed by atoms with Crippen LogP contribution in [-0.2, 0) is 25.7 Å². The molecule has 9 nitrogen and oxygen atoms in total. The molecule has 1 aliphatic rings. The van der Waals surface area contributed by atoms with Crippen molar-refractivity contribution in [3.63, 3.8) is 0 Å². The van der Waals surface area contributed by atoms with E-state index in [4.69, 9.17) is 4.98 Å². The summed E-state index contributed by atoms with van der Waals surface area (Å²) in [7, 11) is 0. The number of hydrogen-bond donors (Lipinski definition) is 0. The summed E-state index contributed by atoms with van der Waals surface area (Å²) in [5, 5.41) is 4.48. The van der Waals surface area contributed by atoms with E-state index < -0.39 is 42.0 Å². The van der Waals surface area contributed by atoms with E-state index in [0.29, 0.717) is 11.4 Å². The number of benzene rings is 2. The standard InChI is InChI=1S/C30H24BrF6N7O2/c1-15-8-17(3)44(40-15)28-39-24-12-42(26(45)18-4-6-22(31)21(10-18)30(35,36)37)16(2)9-20(24)27(46)43(28)19-5-7-25-23(11-19)38-14-41(25)13-29(32,33)34/h4-8,10-11,14,16H,9,12-13H2,1-3H3. The first kappa shape index (κ1) is 31.5. The molecule has 0 fully saturated rings. The Labute approximate surface area is 265 Å². The molecule has 5 aromatic rings. The van der Waals surface area contributed by atoms with Crippen molar-refractivity contribution in [1.82, 2.24) is 33.8 Å². The first-order valence-electron chi connectivity index (χ1n) is 13.9. The number of carbonyl (C=O) groups excluding carboxylic acids is 1. The van der Waals surface area contributed by atoms with Crippen LogP contribution in [0.1, 0.15) is 45.5 Å². The Morgan fingerprint density at radius 3 is 2.43 bits per heavy atom. The van der Waals surface area contributed by atoms with E-state index >= 15 is 0 Å². The number of hydrogen-bond acceptors (Lipinski definition) is 5. The Hall–Kier alpha value is -4.47. The van der Waals surface area contributed by atoms with Crippen LogP contribution in [0.25, 0.3) is 22.7 Å². The van der Waals surface area contributed by atoms with Gasteiger partial charge in [0.1, 0.15) is 6.54 Å². The molecular weight excluding hydrogens is 684 g/mol. The maximum Gasteiger partial charge on any atom is 0.417 e. The molecule has 46 heavy (non-hydrogen) atoms. The van der Waals surface area contributed by atoms with Gasteiger partial charge in [0.2, 0.25) is 5.95 Å². The van der Waals surface area contributed by atoms with Gasteiger partial charge in [0.15, 0.2) is 0 Å². The molecule has 1 atom stereocenters. The van der Waals surface area contributed by atoms with Crippen molar-refractivity contribution in [2.45, 2.75) is 58.7 Å². The van der Waals surface area contributed by atoms with Gasteiger partial charge in [0, 0.05) is 27.3 Å². The lowest BCUT2D eigenvalue weighted by Gasteiger charge is -2.34. The molecule has 1 amide bonds. The SMILES string of the molecule is Cc1cc(C)n(-c2nc3c(c(=O)n2-c2ccc4c(c2)ncn4CC(F)(F)F)CC(C)N(C(=O)c2ccc(Br)c(C(F)(F)F)c2)C3)n1. The van der Waals surface area contributed by atoms with Crippen molar-refractivity contribution >= 4 is 32.9 Å². The van der Waals surface area contributed by atoms with Crippen LogP contribution in [-0.4, -0.2) is 51.9 Å². The molecule has 4 heterocycles. The number of carbonyl (C=O) groups is 1. The van der Waals surface area contributed by atoms with Gasteiger partial charge in [-0.1, -0.05) is 15.9 Å². The lowest BCUT2D eigenvalue weighted by Crippen LogP contribution is -2.46. The number of fused-ring (bicyclic) bond motifs is 2. The third kappa shape index (κ3) is 5.69. The zero-order chi connectivity index (χ0) is 33.3. The topological polar surface area (TPSA) is 90.8 Å². The summed E-state index contributed by atoms with van der Waals surface area (Å²) in [6, 6.07) is 8.85. The summed E-state index contributed by atoms with van der Waals surface area (Å²) >= 11 is 2.89. The molecule has 16 heteroatoms. The number of rotatable bonds is 4. The fourth-order valence-corrected chi connectivity index (χ4v) is 6.15. The number of halogens is 7. The minimum atomic E-state index is -4.68. The predicted octanol–water partition coefficient (Wildman–Crippen LogP) is 6.32. The molecule has 0 saturated heterocycles. The van der Waals surface area contributed by atoms with Crippen molar-refractivity contribution < 1.29 is 31.1 Å². The highest BCUT2D eigenvalue weighted by Crippen LogP contribution is 2.36. The molecule has 1 unspecified atom stereocenters. The minimum absolute atomic E-state index is 0.0510. The normalized spacial score (nSPS) is 15.4. The number of alkyl halides is 6. The predicted molar refractivity (Wildman–Crippen MR) is 158 cm³/mol. The van der Waals surface area contributed by atoms with Crippen LogP contribution in [0.15, 0.2) is 58.1 Å². The third-order valence-corrected chi connectivity index (χ3v) is 8.48. The van der Waals surface area contributed by atoms with Crippen LogP contribution in [0.4, 0.5) is 26.3 Å². The maximum atomic E-state index is 14.2. The molecule has 0 spiro atoms. The van der Waals surface area contributed by atoms with E-state index in [2.05, 4.69) is 26.0 Å². The number of aromatic nitrogens is 6. The van der Waals surface area contributed by atoms with Crippen LogP contribution in [0.2, 0.25) is 0 Å². The van der Waals surface area contributed by atoms with Gasteiger partial charge in [-0.25, -0.2) is 19.2 Å². The molecule has 0 saturated carbocycles. The molecule has 1 aliphatic heterocycles. The molecule has 3 aromatic heterocycles. The first-order chi connectivity index (χ1) is 21.5. The maximum absolute atomic E-state index is 14.2. The molecule has 240 valence electrons. The summed E-state index contributed by atoms with van der Waals surface area (Å²) in [5.41, 5.74) is 0.874. The summed E-state index contributed by atoms with van der Waals surface area (Å²) in [6.45, 7) is 3.80. The van der Waals surface area contributed by atoms with E-state index in [9.17, 15) is 35.9 Å². The molecular formula is C30H24BrF6N7O2. The van der Waals surface area contributed by atoms with Gasteiger partial charge in [-0.2, -0.15) is 31.4 Å². The van der Waals surface area contributed by atoms with Gasteiger partial charge in [0.05, 0.1) is 46.5 Å². The quantitative estimate of drug-likeness (QED) is 0.204. The lowest BCUT2D eigenvalue weighted by molar-refractivity contribution is -0.140. The third-order valence-electron chi connectivity index (χ3n) is 7.79. The number of aryl methyl sites for hydroxylation is 2. The van der Waals surface area contributed by atoms with E-state index in [1.54, 1.807) is 26.8 Å². The van der Waals surface area contributed by atoms with Crippen molar-refractivity contribution in [3.05, 3.63) is 97.4 Å². The molecule has 2 aromatic carbocycles. The summed E-state index contributed by atoms with van der Waals surface area (Å²) in [6.07, 6.45) is -8.02. The number of amides is 1. The Morgan fingerprint density at radius 1 is 1.04 bits per heavy atom. The average molecular weight is 708 g/mol. The number of nitrogens with zero attached hydrogens (tertiary/aromatic N) is 7. The first-order valence-corrected chi connectivity index (χ1v) is 14.7. The lowest BCUT2D eigenvalue weighted by atomic mass is 9.98. The van der Waals surface area contributed by atoms with E-state index in [1.165, 1.54) is 44.5 Å². The second kappa shape index (κ2) is 11.1. The second-order valence-corrected chi connectivity index (χ2v) is 12.0. The fourth-order valence-electron chi connectivity index (χ4n) is 5.68. The average Bonchev–Trinajstić information content (AvgIpc) is 3.52. The van der Waals surface area contributed by atoms with Crippen LogP contribution < -0.4 is 5.56 Å². The van der Waals surface area contributed by atoms with Gasteiger partial charge >= 0.3 is 12.4 Å². The summed E-state index contributed by atoms with van der Waals surface area (Å²) < 4.78 is 83.5. The largest absolute Gasteiger partial charge is 0.417 e. The highest BCUT2D eigenvalue weighted by molar-refractivity contribution is 9.10. The van der Waals surface area contributed by atoms with Crippen LogP contribution in [0.5, 0.6) is 0 Å². The van der Waals surface area contributed by atoms with E-state index in [1.807, 2.05) is 0 Å². The van der Waals surface area contributed by atoms with Crippen molar-refractivity contribution in [3.8, 4) is 11.6 Å². The Kier molecular flexibility index (Phi) is 7.60. The molecule has 6 rings (SSSR count).